The van der Waals surface area contributed by atoms with Gasteiger partial charge < -0.3 is 0 Å². The van der Waals surface area contributed by atoms with Crippen LogP contribution in [0.4, 0.5) is 0 Å². The van der Waals surface area contributed by atoms with Gasteiger partial charge >= 0.3 is 0 Å². The standard InChI is InChI=1S/C10H12ClN3S/c1-2-9(11)10-7-14(13-12-10)6-8-4-3-5-15-8/h3-5,7,9H,2,6H2,1H3. The first-order valence-electron chi connectivity index (χ1n) is 4.86. The fourth-order valence-electron chi connectivity index (χ4n) is 1.31. The summed E-state index contributed by atoms with van der Waals surface area (Å²) < 4.78 is 1.83. The van der Waals surface area contributed by atoms with Crippen molar-refractivity contribution in [1.29, 1.82) is 0 Å². The summed E-state index contributed by atoms with van der Waals surface area (Å²) in [4.78, 5) is 1.27. The van der Waals surface area contributed by atoms with Crippen molar-refractivity contribution in [1.82, 2.24) is 15.0 Å². The molecule has 0 fully saturated rings. The van der Waals surface area contributed by atoms with Crippen molar-refractivity contribution >= 4 is 22.9 Å². The van der Waals surface area contributed by atoms with Gasteiger partial charge in [0.1, 0.15) is 5.69 Å². The summed E-state index contributed by atoms with van der Waals surface area (Å²) in [5.74, 6) is 0. The Morgan fingerprint density at radius 2 is 2.47 bits per heavy atom. The number of thiophene rings is 1. The Kier molecular flexibility index (Phi) is 3.38. The fraction of sp³-hybridized carbons (Fsp3) is 0.400. The number of rotatable bonds is 4. The zero-order chi connectivity index (χ0) is 10.7. The minimum atomic E-state index is -0.0258. The molecule has 0 amide bonds. The average molecular weight is 242 g/mol. The molecule has 0 saturated carbocycles. The maximum Gasteiger partial charge on any atom is 0.101 e. The lowest BCUT2D eigenvalue weighted by molar-refractivity contribution is 0.655. The molecule has 0 spiro atoms. The summed E-state index contributed by atoms with van der Waals surface area (Å²) >= 11 is 7.79. The van der Waals surface area contributed by atoms with Gasteiger partial charge in [-0.15, -0.1) is 28.0 Å². The van der Waals surface area contributed by atoms with Crippen LogP contribution in [0.5, 0.6) is 0 Å². The van der Waals surface area contributed by atoms with Gasteiger partial charge in [0.05, 0.1) is 18.1 Å². The van der Waals surface area contributed by atoms with Crippen LogP contribution in [-0.2, 0) is 6.54 Å². The van der Waals surface area contributed by atoms with E-state index in [2.05, 4.69) is 21.8 Å². The molecule has 0 aliphatic heterocycles. The van der Waals surface area contributed by atoms with Gasteiger partial charge in [0.25, 0.3) is 0 Å². The monoisotopic (exact) mass is 241 g/mol. The Morgan fingerprint density at radius 1 is 1.60 bits per heavy atom. The van der Waals surface area contributed by atoms with Crippen LogP contribution >= 0.6 is 22.9 Å². The van der Waals surface area contributed by atoms with E-state index in [1.807, 2.05) is 23.9 Å². The smallest absolute Gasteiger partial charge is 0.101 e. The summed E-state index contributed by atoms with van der Waals surface area (Å²) in [5.41, 5.74) is 0.857. The van der Waals surface area contributed by atoms with Crippen molar-refractivity contribution in [3.63, 3.8) is 0 Å². The molecular weight excluding hydrogens is 230 g/mol. The maximum absolute atomic E-state index is 6.07. The second-order valence-electron chi connectivity index (χ2n) is 3.30. The molecule has 0 aromatic carbocycles. The highest BCUT2D eigenvalue weighted by Gasteiger charge is 2.09. The molecule has 1 atom stereocenters. The lowest BCUT2D eigenvalue weighted by atomic mass is 10.3. The van der Waals surface area contributed by atoms with Gasteiger partial charge in [0.15, 0.2) is 0 Å². The largest absolute Gasteiger partial charge is 0.247 e. The third-order valence-electron chi connectivity index (χ3n) is 2.13. The van der Waals surface area contributed by atoms with Crippen LogP contribution in [0.3, 0.4) is 0 Å². The van der Waals surface area contributed by atoms with Crippen LogP contribution in [-0.4, -0.2) is 15.0 Å². The Morgan fingerprint density at radius 3 is 3.13 bits per heavy atom. The summed E-state index contributed by atoms with van der Waals surface area (Å²) in [5, 5.41) is 10.1. The molecule has 5 heteroatoms. The first-order valence-corrected chi connectivity index (χ1v) is 6.17. The number of alkyl halides is 1. The molecule has 2 aromatic heterocycles. The van der Waals surface area contributed by atoms with E-state index in [1.165, 1.54) is 4.88 Å². The summed E-state index contributed by atoms with van der Waals surface area (Å²) in [7, 11) is 0. The lowest BCUT2D eigenvalue weighted by Crippen LogP contribution is -1.98. The Bertz CT molecular complexity index is 410. The number of nitrogens with zero attached hydrogens (tertiary/aromatic N) is 3. The zero-order valence-electron chi connectivity index (χ0n) is 8.43. The lowest BCUT2D eigenvalue weighted by Gasteiger charge is -1.98. The van der Waals surface area contributed by atoms with Gasteiger partial charge in [-0.1, -0.05) is 18.2 Å². The van der Waals surface area contributed by atoms with E-state index in [0.717, 1.165) is 18.7 Å². The molecule has 3 nitrogen and oxygen atoms in total. The second kappa shape index (κ2) is 4.77. The summed E-state index contributed by atoms with van der Waals surface area (Å²) in [6.45, 7) is 2.81. The summed E-state index contributed by atoms with van der Waals surface area (Å²) in [6.07, 6.45) is 2.79. The molecule has 0 radical (unpaired) electrons. The normalized spacial score (nSPS) is 12.9. The molecule has 0 aliphatic rings. The quantitative estimate of drug-likeness (QED) is 0.771. The van der Waals surface area contributed by atoms with Gasteiger partial charge in [-0.2, -0.15) is 0 Å². The third kappa shape index (κ3) is 2.58. The molecule has 2 rings (SSSR count). The van der Waals surface area contributed by atoms with Crippen LogP contribution in [0.25, 0.3) is 0 Å². The van der Waals surface area contributed by atoms with Gasteiger partial charge in [0, 0.05) is 4.88 Å². The van der Waals surface area contributed by atoms with E-state index >= 15 is 0 Å². The molecular formula is C10H12ClN3S. The van der Waals surface area contributed by atoms with E-state index < -0.39 is 0 Å². The highest BCUT2D eigenvalue weighted by atomic mass is 35.5. The van der Waals surface area contributed by atoms with E-state index in [1.54, 1.807) is 11.3 Å². The number of aromatic nitrogens is 3. The van der Waals surface area contributed by atoms with Crippen LogP contribution in [0.1, 0.15) is 29.3 Å². The van der Waals surface area contributed by atoms with Crippen molar-refractivity contribution in [3.05, 3.63) is 34.3 Å². The Balaban J connectivity index is 2.07. The van der Waals surface area contributed by atoms with Crippen molar-refractivity contribution in [2.24, 2.45) is 0 Å². The molecule has 2 aromatic rings. The van der Waals surface area contributed by atoms with E-state index in [9.17, 15) is 0 Å². The van der Waals surface area contributed by atoms with Crippen molar-refractivity contribution in [2.75, 3.05) is 0 Å². The molecule has 0 aliphatic carbocycles. The number of halogens is 1. The second-order valence-corrected chi connectivity index (χ2v) is 4.86. The first kappa shape index (κ1) is 10.6. The third-order valence-corrected chi connectivity index (χ3v) is 3.53. The predicted molar refractivity (Wildman–Crippen MR) is 62.3 cm³/mol. The van der Waals surface area contributed by atoms with E-state index in [0.29, 0.717) is 0 Å². The highest BCUT2D eigenvalue weighted by Crippen LogP contribution is 2.21. The van der Waals surface area contributed by atoms with Crippen LogP contribution in [0, 0.1) is 0 Å². The topological polar surface area (TPSA) is 30.7 Å². The molecule has 80 valence electrons. The van der Waals surface area contributed by atoms with Gasteiger partial charge in [-0.25, -0.2) is 4.68 Å². The highest BCUT2D eigenvalue weighted by molar-refractivity contribution is 7.09. The van der Waals surface area contributed by atoms with E-state index in [-0.39, 0.29) is 5.38 Å². The van der Waals surface area contributed by atoms with Crippen molar-refractivity contribution in [3.8, 4) is 0 Å². The molecule has 15 heavy (non-hydrogen) atoms. The van der Waals surface area contributed by atoms with Crippen molar-refractivity contribution < 1.29 is 0 Å². The molecule has 2 heterocycles. The Hall–Kier alpha value is -0.870. The molecule has 0 bridgehead atoms. The number of hydrogen-bond donors (Lipinski definition) is 0. The van der Waals surface area contributed by atoms with Crippen LogP contribution in [0.2, 0.25) is 0 Å². The molecule has 1 unspecified atom stereocenters. The molecule has 0 N–H and O–H groups in total. The van der Waals surface area contributed by atoms with Crippen molar-refractivity contribution in [2.45, 2.75) is 25.3 Å². The van der Waals surface area contributed by atoms with Crippen LogP contribution in [0.15, 0.2) is 23.7 Å². The average Bonchev–Trinajstić information content (AvgIpc) is 2.88. The van der Waals surface area contributed by atoms with E-state index in [4.69, 9.17) is 11.6 Å². The van der Waals surface area contributed by atoms with Gasteiger partial charge in [-0.3, -0.25) is 0 Å². The maximum atomic E-state index is 6.07. The number of hydrogen-bond acceptors (Lipinski definition) is 3. The van der Waals surface area contributed by atoms with Crippen LogP contribution < -0.4 is 0 Å². The van der Waals surface area contributed by atoms with Gasteiger partial charge in [0.2, 0.25) is 0 Å². The zero-order valence-corrected chi connectivity index (χ0v) is 10.0. The first-order chi connectivity index (χ1) is 7.29. The Labute approximate surface area is 97.7 Å². The molecule has 0 saturated heterocycles. The fourth-order valence-corrected chi connectivity index (χ4v) is 2.10. The SMILES string of the molecule is CCC(Cl)c1cn(Cc2cccs2)nn1. The van der Waals surface area contributed by atoms with Gasteiger partial charge in [-0.05, 0) is 17.9 Å². The predicted octanol–water partition coefficient (Wildman–Crippen LogP) is 3.08. The minimum absolute atomic E-state index is 0.0258. The minimum Gasteiger partial charge on any atom is -0.247 e. The summed E-state index contributed by atoms with van der Waals surface area (Å²) in [6, 6.07) is 4.12.